The highest BCUT2D eigenvalue weighted by Crippen LogP contribution is 2.25. The molecule has 5 nitrogen and oxygen atoms in total. The van der Waals surface area contributed by atoms with Gasteiger partial charge in [0, 0.05) is 6.54 Å². The Bertz CT molecular complexity index is 455. The molecule has 0 unspecified atom stereocenters. The normalized spacial score (nSPS) is 11.1. The smallest absolute Gasteiger partial charge is 0.273 e. The van der Waals surface area contributed by atoms with E-state index < -0.39 is 10.0 Å². The van der Waals surface area contributed by atoms with Crippen LogP contribution in [0.4, 0.5) is 0 Å². The lowest BCUT2D eigenvalue weighted by molar-refractivity contribution is 0.593. The molecule has 8 heteroatoms. The highest BCUT2D eigenvalue weighted by atomic mass is 35.5. The number of hydrogen-bond donors (Lipinski definition) is 3. The minimum atomic E-state index is -3.66. The molecule has 1 rings (SSSR count). The molecule has 0 radical (unpaired) electrons. The Morgan fingerprint density at radius 2 is 2.27 bits per heavy atom. The van der Waals surface area contributed by atoms with Gasteiger partial charge in [-0.05, 0) is 19.1 Å². The van der Waals surface area contributed by atoms with Crippen LogP contribution < -0.4 is 10.0 Å². The molecule has 0 aromatic carbocycles. The molecule has 1 heterocycles. The molecule has 0 bridgehead atoms. The topological polar surface area (TPSA) is 82.1 Å². The third kappa shape index (κ3) is 3.37. The number of sulfonamides is 1. The average molecular weight is 268 g/mol. The van der Waals surface area contributed by atoms with Crippen molar-refractivity contribution in [1.82, 2.24) is 10.0 Å². The Morgan fingerprint density at radius 1 is 1.60 bits per heavy atom. The van der Waals surface area contributed by atoms with E-state index in [4.69, 9.17) is 17.0 Å². The van der Waals surface area contributed by atoms with Gasteiger partial charge in [0.25, 0.3) is 10.0 Å². The Kier molecular flexibility index (Phi) is 3.95. The third-order valence-electron chi connectivity index (χ3n) is 1.40. The molecule has 0 amide bonds. The molecule has 1 aromatic rings. The Hall–Kier alpha value is -0.790. The van der Waals surface area contributed by atoms with Crippen molar-refractivity contribution in [2.75, 3.05) is 6.54 Å². The second kappa shape index (κ2) is 4.82. The summed E-state index contributed by atoms with van der Waals surface area (Å²) in [5.74, 6) is -0.248. The summed E-state index contributed by atoms with van der Waals surface area (Å²) in [6, 6.07) is 2.90. The van der Waals surface area contributed by atoms with Gasteiger partial charge in [-0.15, -0.1) is 11.3 Å². The number of guanidine groups is 1. The first-order valence-corrected chi connectivity index (χ1v) is 6.74. The van der Waals surface area contributed by atoms with Crippen LogP contribution in [0, 0.1) is 5.41 Å². The maximum Gasteiger partial charge on any atom is 0.273 e. The van der Waals surface area contributed by atoms with Crippen molar-refractivity contribution in [1.29, 1.82) is 5.41 Å². The van der Waals surface area contributed by atoms with Crippen molar-refractivity contribution in [2.24, 2.45) is 0 Å². The lowest BCUT2D eigenvalue weighted by Crippen LogP contribution is -2.39. The number of hydrogen-bond acceptors (Lipinski definition) is 4. The molecule has 0 saturated heterocycles. The predicted octanol–water partition coefficient (Wildman–Crippen LogP) is 1.22. The third-order valence-corrected chi connectivity index (χ3v) is 4.48. The summed E-state index contributed by atoms with van der Waals surface area (Å²) in [4.78, 5) is 0. The van der Waals surface area contributed by atoms with Crippen LogP contribution in [0.2, 0.25) is 4.34 Å². The zero-order chi connectivity index (χ0) is 11.5. The fourth-order valence-electron chi connectivity index (χ4n) is 0.840. The standard InChI is InChI=1S/C7H10ClN3O2S2/c1-2-10-7(9)11-15(12,13)6-4-3-5(8)14-6/h3-4H,2H2,1H3,(H3,9,10,11). The summed E-state index contributed by atoms with van der Waals surface area (Å²) in [5, 5.41) is 9.81. The van der Waals surface area contributed by atoms with Gasteiger partial charge in [-0.1, -0.05) is 11.6 Å². The van der Waals surface area contributed by atoms with Crippen molar-refractivity contribution in [2.45, 2.75) is 11.1 Å². The average Bonchev–Trinajstić information content (AvgIpc) is 2.51. The van der Waals surface area contributed by atoms with Crippen LogP contribution in [0.15, 0.2) is 16.3 Å². The van der Waals surface area contributed by atoms with Gasteiger partial charge in [0.2, 0.25) is 5.96 Å². The summed E-state index contributed by atoms with van der Waals surface area (Å²) < 4.78 is 25.8. The Labute approximate surface area is 97.0 Å². The van der Waals surface area contributed by atoms with Gasteiger partial charge in [-0.2, -0.15) is 0 Å². The molecule has 0 aliphatic rings. The maximum atomic E-state index is 11.6. The van der Waals surface area contributed by atoms with Crippen molar-refractivity contribution in [3.05, 3.63) is 16.5 Å². The number of nitrogens with one attached hydrogen (secondary N) is 3. The fourth-order valence-corrected chi connectivity index (χ4v) is 3.28. The molecule has 0 spiro atoms. The summed E-state index contributed by atoms with van der Waals surface area (Å²) in [6.45, 7) is 2.25. The molecule has 84 valence electrons. The van der Waals surface area contributed by atoms with E-state index in [1.165, 1.54) is 12.1 Å². The van der Waals surface area contributed by atoms with E-state index in [2.05, 4.69) is 10.0 Å². The number of rotatable bonds is 3. The summed E-state index contributed by atoms with van der Waals surface area (Å²) in [5.41, 5.74) is 0. The first-order valence-electron chi connectivity index (χ1n) is 4.06. The van der Waals surface area contributed by atoms with Crippen LogP contribution in [0.1, 0.15) is 6.92 Å². The van der Waals surface area contributed by atoms with E-state index in [-0.39, 0.29) is 10.2 Å². The van der Waals surface area contributed by atoms with Crippen molar-refractivity contribution < 1.29 is 8.42 Å². The monoisotopic (exact) mass is 267 g/mol. The van der Waals surface area contributed by atoms with E-state index in [0.29, 0.717) is 10.9 Å². The summed E-state index contributed by atoms with van der Waals surface area (Å²) >= 11 is 6.57. The van der Waals surface area contributed by atoms with Crippen LogP contribution in [0.5, 0.6) is 0 Å². The molecular weight excluding hydrogens is 258 g/mol. The highest BCUT2D eigenvalue weighted by molar-refractivity contribution is 7.92. The van der Waals surface area contributed by atoms with Crippen molar-refractivity contribution in [3.8, 4) is 0 Å². The highest BCUT2D eigenvalue weighted by Gasteiger charge is 2.17. The van der Waals surface area contributed by atoms with Gasteiger partial charge >= 0.3 is 0 Å². The molecule has 15 heavy (non-hydrogen) atoms. The quantitative estimate of drug-likeness (QED) is 0.569. The van der Waals surface area contributed by atoms with E-state index in [0.717, 1.165) is 11.3 Å². The molecule has 3 N–H and O–H groups in total. The minimum Gasteiger partial charge on any atom is -0.356 e. The predicted molar refractivity (Wildman–Crippen MR) is 61.1 cm³/mol. The minimum absolute atomic E-state index is 0.0927. The van der Waals surface area contributed by atoms with E-state index >= 15 is 0 Å². The number of thiophene rings is 1. The van der Waals surface area contributed by atoms with Crippen LogP contribution in [-0.4, -0.2) is 20.9 Å². The summed E-state index contributed by atoms with van der Waals surface area (Å²) in [6.07, 6.45) is 0. The van der Waals surface area contributed by atoms with Gasteiger partial charge in [0.1, 0.15) is 4.21 Å². The Morgan fingerprint density at radius 3 is 2.73 bits per heavy atom. The van der Waals surface area contributed by atoms with E-state index in [1.54, 1.807) is 6.92 Å². The molecule has 0 fully saturated rings. The SMILES string of the molecule is CCNC(=N)NS(=O)(=O)c1ccc(Cl)s1. The van der Waals surface area contributed by atoms with Crippen LogP contribution in [-0.2, 0) is 10.0 Å². The van der Waals surface area contributed by atoms with Crippen molar-refractivity contribution in [3.63, 3.8) is 0 Å². The van der Waals surface area contributed by atoms with Gasteiger partial charge in [0.05, 0.1) is 4.34 Å². The van der Waals surface area contributed by atoms with Crippen LogP contribution in [0.25, 0.3) is 0 Å². The molecule has 0 aliphatic heterocycles. The zero-order valence-corrected chi connectivity index (χ0v) is 10.3. The maximum absolute atomic E-state index is 11.6. The van der Waals surface area contributed by atoms with Gasteiger partial charge in [-0.25, -0.2) is 13.1 Å². The Balaban J connectivity index is 2.81. The molecular formula is C7H10ClN3O2S2. The molecule has 1 aromatic heterocycles. The number of halogens is 1. The fraction of sp³-hybridized carbons (Fsp3) is 0.286. The molecule has 0 saturated carbocycles. The van der Waals surface area contributed by atoms with E-state index in [1.807, 2.05) is 0 Å². The van der Waals surface area contributed by atoms with Gasteiger partial charge in [0.15, 0.2) is 0 Å². The summed E-state index contributed by atoms with van der Waals surface area (Å²) in [7, 11) is -3.66. The zero-order valence-electron chi connectivity index (χ0n) is 7.87. The second-order valence-corrected chi connectivity index (χ2v) is 6.19. The largest absolute Gasteiger partial charge is 0.356 e. The lowest BCUT2D eigenvalue weighted by atomic mass is 10.7. The van der Waals surface area contributed by atoms with E-state index in [9.17, 15) is 8.42 Å². The van der Waals surface area contributed by atoms with Crippen LogP contribution in [0.3, 0.4) is 0 Å². The van der Waals surface area contributed by atoms with Gasteiger partial charge < -0.3 is 5.32 Å². The second-order valence-electron chi connectivity index (χ2n) is 2.57. The lowest BCUT2D eigenvalue weighted by Gasteiger charge is -2.07. The van der Waals surface area contributed by atoms with Gasteiger partial charge in [-0.3, -0.25) is 5.41 Å². The molecule has 0 aliphatic carbocycles. The first kappa shape index (κ1) is 12.3. The van der Waals surface area contributed by atoms with Crippen molar-refractivity contribution >= 4 is 38.9 Å². The molecule has 0 atom stereocenters. The first-order chi connectivity index (χ1) is 6.95. The van der Waals surface area contributed by atoms with Crippen LogP contribution >= 0.6 is 22.9 Å².